The number of hydrogen-bond donors (Lipinski definition) is 0. The molecular formula is C19H23FN4O2. The van der Waals surface area contributed by atoms with E-state index < -0.39 is 5.82 Å². The average Bonchev–Trinajstić information content (AvgIpc) is 2.64. The minimum atomic E-state index is -0.440. The van der Waals surface area contributed by atoms with Gasteiger partial charge in [0.25, 0.3) is 0 Å². The van der Waals surface area contributed by atoms with Gasteiger partial charge in [0.2, 0.25) is 11.8 Å². The second-order valence-electron chi connectivity index (χ2n) is 6.38. The molecule has 0 N–H and O–H groups in total. The summed E-state index contributed by atoms with van der Waals surface area (Å²) in [4.78, 5) is 24.6. The lowest BCUT2D eigenvalue weighted by molar-refractivity contribution is -0.133. The van der Waals surface area contributed by atoms with Crippen molar-refractivity contribution in [3.63, 3.8) is 0 Å². The van der Waals surface area contributed by atoms with E-state index in [1.54, 1.807) is 24.3 Å². The molecule has 26 heavy (non-hydrogen) atoms. The maximum absolute atomic E-state index is 13.7. The van der Waals surface area contributed by atoms with Crippen molar-refractivity contribution in [2.75, 3.05) is 24.5 Å². The number of carbonyl (C=O) groups excluding carboxylic acids is 1. The van der Waals surface area contributed by atoms with Gasteiger partial charge in [-0.05, 0) is 25.5 Å². The molecular weight excluding hydrogens is 335 g/mol. The zero-order chi connectivity index (χ0) is 18.5. The van der Waals surface area contributed by atoms with E-state index in [9.17, 15) is 9.18 Å². The number of hydrogen-bond acceptors (Lipinski definition) is 5. The number of ether oxygens (including phenoxy) is 1. The molecule has 0 radical (unpaired) electrons. The van der Waals surface area contributed by atoms with Gasteiger partial charge in [0, 0.05) is 38.2 Å². The molecule has 1 saturated heterocycles. The predicted molar refractivity (Wildman–Crippen MR) is 96.8 cm³/mol. The molecule has 0 saturated carbocycles. The third kappa shape index (κ3) is 4.09. The Bertz CT molecular complexity index is 771. The molecule has 1 atom stereocenters. The molecule has 0 bridgehead atoms. The number of nitrogens with zero attached hydrogens (tertiary/aromatic N) is 4. The number of para-hydroxylation sites is 1. The quantitative estimate of drug-likeness (QED) is 0.821. The van der Waals surface area contributed by atoms with Crippen LogP contribution in [-0.4, -0.2) is 46.5 Å². The largest absolute Gasteiger partial charge is 0.436 e. The minimum Gasteiger partial charge on any atom is -0.436 e. The molecule has 1 unspecified atom stereocenters. The van der Waals surface area contributed by atoms with Crippen molar-refractivity contribution in [3.05, 3.63) is 42.5 Å². The number of carbonyl (C=O) groups is 1. The van der Waals surface area contributed by atoms with Crippen LogP contribution in [0, 0.1) is 5.82 Å². The Morgan fingerprint density at radius 1 is 1.31 bits per heavy atom. The Hall–Kier alpha value is -2.70. The molecule has 3 rings (SSSR count). The zero-order valence-electron chi connectivity index (χ0n) is 15.1. The van der Waals surface area contributed by atoms with Gasteiger partial charge >= 0.3 is 0 Å². The summed E-state index contributed by atoms with van der Waals surface area (Å²) in [5.74, 6) is 0.883. The van der Waals surface area contributed by atoms with Gasteiger partial charge in [-0.2, -0.15) is 0 Å². The van der Waals surface area contributed by atoms with Crippen LogP contribution in [0.1, 0.15) is 26.7 Å². The first-order valence-electron chi connectivity index (χ1n) is 8.87. The summed E-state index contributed by atoms with van der Waals surface area (Å²) in [5, 5.41) is 0. The highest BCUT2D eigenvalue weighted by Crippen LogP contribution is 2.25. The number of piperazine rings is 1. The van der Waals surface area contributed by atoms with Crippen LogP contribution in [0.5, 0.6) is 11.6 Å². The SMILES string of the molecule is CCCC(=O)N1CCN(c2cc(Oc3ccccc3F)ncn2)CC1C. The van der Waals surface area contributed by atoms with Gasteiger partial charge < -0.3 is 14.5 Å². The third-order valence-electron chi connectivity index (χ3n) is 4.41. The second kappa shape index (κ2) is 8.12. The summed E-state index contributed by atoms with van der Waals surface area (Å²) in [7, 11) is 0. The highest BCUT2D eigenvalue weighted by molar-refractivity contribution is 5.76. The van der Waals surface area contributed by atoms with Gasteiger partial charge in [-0.25, -0.2) is 14.4 Å². The molecule has 1 aliphatic heterocycles. The fourth-order valence-corrected chi connectivity index (χ4v) is 3.09. The molecule has 1 aromatic carbocycles. The van der Waals surface area contributed by atoms with Crippen LogP contribution in [0.3, 0.4) is 0 Å². The van der Waals surface area contributed by atoms with Crippen LogP contribution in [-0.2, 0) is 4.79 Å². The first-order chi connectivity index (χ1) is 12.6. The van der Waals surface area contributed by atoms with Crippen molar-refractivity contribution in [2.45, 2.75) is 32.7 Å². The zero-order valence-corrected chi connectivity index (χ0v) is 15.1. The standard InChI is InChI=1S/C19H23FN4O2/c1-3-6-19(25)24-10-9-23(12-14(24)2)17-11-18(22-13-21-17)26-16-8-5-4-7-15(16)20/h4-5,7-8,11,13-14H,3,6,9-10,12H2,1-2H3. The van der Waals surface area contributed by atoms with Crippen LogP contribution in [0.4, 0.5) is 10.2 Å². The van der Waals surface area contributed by atoms with Crippen molar-refractivity contribution in [3.8, 4) is 11.6 Å². The number of aromatic nitrogens is 2. The first kappa shape index (κ1) is 18.1. The van der Waals surface area contributed by atoms with E-state index in [0.29, 0.717) is 31.9 Å². The van der Waals surface area contributed by atoms with Crippen LogP contribution in [0.2, 0.25) is 0 Å². The topological polar surface area (TPSA) is 58.6 Å². The van der Waals surface area contributed by atoms with Crippen molar-refractivity contribution >= 4 is 11.7 Å². The van der Waals surface area contributed by atoms with Crippen LogP contribution in [0.25, 0.3) is 0 Å². The molecule has 1 aromatic heterocycles. The Kier molecular flexibility index (Phi) is 5.65. The van der Waals surface area contributed by atoms with E-state index in [1.165, 1.54) is 12.4 Å². The van der Waals surface area contributed by atoms with E-state index in [2.05, 4.69) is 14.9 Å². The highest BCUT2D eigenvalue weighted by Gasteiger charge is 2.27. The lowest BCUT2D eigenvalue weighted by Gasteiger charge is -2.40. The molecule has 2 heterocycles. The summed E-state index contributed by atoms with van der Waals surface area (Å²) in [6.45, 7) is 6.09. The lowest BCUT2D eigenvalue weighted by Crippen LogP contribution is -2.54. The number of amides is 1. The lowest BCUT2D eigenvalue weighted by atomic mass is 10.1. The van der Waals surface area contributed by atoms with E-state index in [4.69, 9.17) is 4.74 Å². The Morgan fingerprint density at radius 2 is 2.12 bits per heavy atom. The molecule has 2 aromatic rings. The van der Waals surface area contributed by atoms with Crippen molar-refractivity contribution in [1.82, 2.24) is 14.9 Å². The first-order valence-corrected chi connectivity index (χ1v) is 8.87. The maximum Gasteiger partial charge on any atom is 0.224 e. The third-order valence-corrected chi connectivity index (χ3v) is 4.41. The summed E-state index contributed by atoms with van der Waals surface area (Å²) < 4.78 is 19.3. The van der Waals surface area contributed by atoms with Gasteiger partial charge in [0.05, 0.1) is 0 Å². The summed E-state index contributed by atoms with van der Waals surface area (Å²) in [5.41, 5.74) is 0. The second-order valence-corrected chi connectivity index (χ2v) is 6.38. The smallest absolute Gasteiger partial charge is 0.224 e. The van der Waals surface area contributed by atoms with E-state index >= 15 is 0 Å². The van der Waals surface area contributed by atoms with Crippen LogP contribution in [0.15, 0.2) is 36.7 Å². The molecule has 1 aliphatic rings. The predicted octanol–water partition coefficient (Wildman–Crippen LogP) is 3.25. The molecule has 0 spiro atoms. The number of rotatable bonds is 5. The average molecular weight is 358 g/mol. The van der Waals surface area contributed by atoms with Crippen molar-refractivity contribution in [1.29, 1.82) is 0 Å². The highest BCUT2D eigenvalue weighted by atomic mass is 19.1. The summed E-state index contributed by atoms with van der Waals surface area (Å²) in [6, 6.07) is 8.00. The van der Waals surface area contributed by atoms with E-state index in [-0.39, 0.29) is 23.6 Å². The Balaban J connectivity index is 1.69. The fraction of sp³-hybridized carbons (Fsp3) is 0.421. The number of benzene rings is 1. The summed E-state index contributed by atoms with van der Waals surface area (Å²) in [6.07, 6.45) is 2.84. The van der Waals surface area contributed by atoms with Gasteiger partial charge in [-0.3, -0.25) is 4.79 Å². The Labute approximate surface area is 152 Å². The minimum absolute atomic E-state index is 0.105. The normalized spacial score (nSPS) is 17.3. The van der Waals surface area contributed by atoms with E-state index in [0.717, 1.165) is 6.42 Å². The number of anilines is 1. The van der Waals surface area contributed by atoms with Gasteiger partial charge in [0.1, 0.15) is 12.1 Å². The maximum atomic E-state index is 13.7. The van der Waals surface area contributed by atoms with Gasteiger partial charge in [-0.15, -0.1) is 0 Å². The molecule has 6 nitrogen and oxygen atoms in total. The fourth-order valence-electron chi connectivity index (χ4n) is 3.09. The summed E-state index contributed by atoms with van der Waals surface area (Å²) >= 11 is 0. The molecule has 1 amide bonds. The molecule has 1 fully saturated rings. The molecule has 7 heteroatoms. The van der Waals surface area contributed by atoms with Gasteiger partial charge in [-0.1, -0.05) is 19.1 Å². The molecule has 138 valence electrons. The monoisotopic (exact) mass is 358 g/mol. The Morgan fingerprint density at radius 3 is 2.85 bits per heavy atom. The van der Waals surface area contributed by atoms with Crippen molar-refractivity contribution < 1.29 is 13.9 Å². The molecule has 0 aliphatic carbocycles. The van der Waals surface area contributed by atoms with Gasteiger partial charge in [0.15, 0.2) is 11.6 Å². The van der Waals surface area contributed by atoms with Crippen LogP contribution < -0.4 is 9.64 Å². The number of halogens is 1. The van der Waals surface area contributed by atoms with Crippen LogP contribution >= 0.6 is 0 Å². The van der Waals surface area contributed by atoms with E-state index in [1.807, 2.05) is 18.7 Å². The van der Waals surface area contributed by atoms with Crippen molar-refractivity contribution in [2.24, 2.45) is 0 Å².